The second-order valence-corrected chi connectivity index (χ2v) is 6.21. The number of rotatable bonds is 8. The number of hydrogen-bond acceptors (Lipinski definition) is 6. The summed E-state index contributed by atoms with van der Waals surface area (Å²) in [6.45, 7) is 3.95. The van der Waals surface area contributed by atoms with Crippen molar-refractivity contribution in [2.45, 2.75) is 19.9 Å². The molecule has 0 heterocycles. The van der Waals surface area contributed by atoms with Crippen molar-refractivity contribution in [2.75, 3.05) is 26.1 Å². The molecule has 2 aromatic rings. The van der Waals surface area contributed by atoms with E-state index < -0.39 is 6.04 Å². The zero-order valence-electron chi connectivity index (χ0n) is 17.0. The number of nitriles is 1. The van der Waals surface area contributed by atoms with Crippen LogP contribution in [0.25, 0.3) is 11.6 Å². The van der Waals surface area contributed by atoms with E-state index in [1.54, 1.807) is 56.5 Å². The lowest BCUT2D eigenvalue weighted by Gasteiger charge is -2.13. The van der Waals surface area contributed by atoms with Gasteiger partial charge in [-0.25, -0.2) is 0 Å². The van der Waals surface area contributed by atoms with Gasteiger partial charge in [-0.15, -0.1) is 0 Å². The van der Waals surface area contributed by atoms with Crippen molar-refractivity contribution in [2.24, 2.45) is 5.73 Å². The van der Waals surface area contributed by atoms with Crippen LogP contribution in [0, 0.1) is 11.3 Å². The molecule has 0 aliphatic heterocycles. The Kier molecular flexibility index (Phi) is 7.63. The van der Waals surface area contributed by atoms with E-state index in [-0.39, 0.29) is 5.91 Å². The number of nitrogens with one attached hydrogen (secondary N) is 1. The Balaban J connectivity index is 2.44. The third kappa shape index (κ3) is 5.50. The monoisotopic (exact) mass is 395 g/mol. The fraction of sp³-hybridized carbons (Fsp3) is 0.273. The molecule has 7 nitrogen and oxygen atoms in total. The number of allylic oxidation sites excluding steroid dienone is 1. The van der Waals surface area contributed by atoms with Crippen molar-refractivity contribution in [3.8, 4) is 23.3 Å². The molecule has 0 aliphatic carbocycles. The Morgan fingerprint density at radius 1 is 1.17 bits per heavy atom. The predicted molar refractivity (Wildman–Crippen MR) is 113 cm³/mol. The molecule has 0 bridgehead atoms. The van der Waals surface area contributed by atoms with E-state index in [9.17, 15) is 10.1 Å². The SMILES string of the molecule is CCOc1cc(C(C#N)=Cc2ccc(OC)c(NC(=O)C(C)N)c2)ccc1OC. The van der Waals surface area contributed by atoms with E-state index >= 15 is 0 Å². The molecule has 1 atom stereocenters. The van der Waals surface area contributed by atoms with Crippen LogP contribution in [0.15, 0.2) is 36.4 Å². The molecule has 1 unspecified atom stereocenters. The van der Waals surface area contributed by atoms with Gasteiger partial charge in [-0.3, -0.25) is 4.79 Å². The Morgan fingerprint density at radius 2 is 1.86 bits per heavy atom. The van der Waals surface area contributed by atoms with Gasteiger partial charge in [0.1, 0.15) is 5.75 Å². The van der Waals surface area contributed by atoms with Crippen LogP contribution in [0.2, 0.25) is 0 Å². The van der Waals surface area contributed by atoms with Gasteiger partial charge in [-0.1, -0.05) is 6.07 Å². The first kappa shape index (κ1) is 21.8. The second-order valence-electron chi connectivity index (χ2n) is 6.21. The number of amides is 1. The first-order valence-corrected chi connectivity index (χ1v) is 9.11. The molecule has 0 aromatic heterocycles. The van der Waals surface area contributed by atoms with Crippen LogP contribution in [-0.2, 0) is 4.79 Å². The second kappa shape index (κ2) is 10.2. The van der Waals surface area contributed by atoms with Crippen LogP contribution >= 0.6 is 0 Å². The van der Waals surface area contributed by atoms with Crippen LogP contribution in [-0.4, -0.2) is 32.8 Å². The van der Waals surface area contributed by atoms with Gasteiger partial charge in [0.25, 0.3) is 0 Å². The molecule has 3 N–H and O–H groups in total. The van der Waals surface area contributed by atoms with Gasteiger partial charge >= 0.3 is 0 Å². The molecule has 0 radical (unpaired) electrons. The lowest BCUT2D eigenvalue weighted by molar-refractivity contribution is -0.117. The highest BCUT2D eigenvalue weighted by Crippen LogP contribution is 2.32. The van der Waals surface area contributed by atoms with E-state index in [0.29, 0.717) is 40.7 Å². The fourth-order valence-corrected chi connectivity index (χ4v) is 2.62. The maximum atomic E-state index is 12.0. The topological polar surface area (TPSA) is 107 Å². The molecule has 0 fully saturated rings. The van der Waals surface area contributed by atoms with Gasteiger partial charge < -0.3 is 25.3 Å². The van der Waals surface area contributed by atoms with Crippen molar-refractivity contribution in [1.82, 2.24) is 0 Å². The zero-order chi connectivity index (χ0) is 21.4. The van der Waals surface area contributed by atoms with E-state index in [1.807, 2.05) is 6.92 Å². The molecular formula is C22H25N3O4. The number of nitrogens with two attached hydrogens (primary N) is 1. The van der Waals surface area contributed by atoms with Gasteiger partial charge in [-0.2, -0.15) is 5.26 Å². The Bertz CT molecular complexity index is 946. The molecule has 0 spiro atoms. The summed E-state index contributed by atoms with van der Waals surface area (Å²) in [5.74, 6) is 1.32. The van der Waals surface area contributed by atoms with E-state index in [1.165, 1.54) is 7.11 Å². The highest BCUT2D eigenvalue weighted by atomic mass is 16.5. The highest BCUT2D eigenvalue weighted by Gasteiger charge is 2.13. The average Bonchev–Trinajstić information content (AvgIpc) is 2.72. The van der Waals surface area contributed by atoms with Gasteiger partial charge in [-0.05, 0) is 61.4 Å². The van der Waals surface area contributed by atoms with Gasteiger partial charge in [0.15, 0.2) is 11.5 Å². The van der Waals surface area contributed by atoms with Crippen molar-refractivity contribution >= 4 is 23.2 Å². The summed E-state index contributed by atoms with van der Waals surface area (Å²) in [4.78, 5) is 12.0. The molecular weight excluding hydrogens is 370 g/mol. The Labute approximate surface area is 170 Å². The number of benzene rings is 2. The molecule has 0 saturated heterocycles. The number of carbonyl (C=O) groups excluding carboxylic acids is 1. The normalized spacial score (nSPS) is 11.9. The zero-order valence-corrected chi connectivity index (χ0v) is 17.0. The summed E-state index contributed by atoms with van der Waals surface area (Å²) in [5.41, 5.74) is 7.94. The molecule has 2 rings (SSSR count). The minimum atomic E-state index is -0.662. The van der Waals surface area contributed by atoms with Crippen LogP contribution in [0.3, 0.4) is 0 Å². The number of nitrogens with zero attached hydrogens (tertiary/aromatic N) is 1. The molecule has 7 heteroatoms. The maximum absolute atomic E-state index is 12.0. The van der Waals surface area contributed by atoms with E-state index in [2.05, 4.69) is 11.4 Å². The summed E-state index contributed by atoms with van der Waals surface area (Å²) in [7, 11) is 3.08. The molecule has 1 amide bonds. The van der Waals surface area contributed by atoms with Crippen LogP contribution < -0.4 is 25.3 Å². The van der Waals surface area contributed by atoms with Crippen molar-refractivity contribution in [1.29, 1.82) is 5.26 Å². The predicted octanol–water partition coefficient (Wildman–Crippen LogP) is 3.45. The smallest absolute Gasteiger partial charge is 0.241 e. The Hall–Kier alpha value is -3.50. The van der Waals surface area contributed by atoms with E-state index in [0.717, 1.165) is 5.56 Å². The number of methoxy groups -OCH3 is 2. The quantitative estimate of drug-likeness (QED) is 0.524. The summed E-state index contributed by atoms with van der Waals surface area (Å²) >= 11 is 0. The summed E-state index contributed by atoms with van der Waals surface area (Å²) in [5, 5.41) is 12.4. The fourth-order valence-electron chi connectivity index (χ4n) is 2.62. The Morgan fingerprint density at radius 3 is 2.45 bits per heavy atom. The van der Waals surface area contributed by atoms with Crippen LogP contribution in [0.4, 0.5) is 5.69 Å². The summed E-state index contributed by atoms with van der Waals surface area (Å²) < 4.78 is 16.2. The van der Waals surface area contributed by atoms with Crippen LogP contribution in [0.5, 0.6) is 17.2 Å². The van der Waals surface area contributed by atoms with Crippen molar-refractivity contribution in [3.05, 3.63) is 47.5 Å². The molecule has 152 valence electrons. The summed E-state index contributed by atoms with van der Waals surface area (Å²) in [6.07, 6.45) is 1.72. The van der Waals surface area contributed by atoms with Gasteiger partial charge in [0, 0.05) is 0 Å². The van der Waals surface area contributed by atoms with Crippen LogP contribution in [0.1, 0.15) is 25.0 Å². The lowest BCUT2D eigenvalue weighted by atomic mass is 10.0. The minimum absolute atomic E-state index is 0.332. The first-order chi connectivity index (χ1) is 13.9. The molecule has 2 aromatic carbocycles. The third-order valence-electron chi connectivity index (χ3n) is 4.10. The maximum Gasteiger partial charge on any atom is 0.241 e. The molecule has 29 heavy (non-hydrogen) atoms. The minimum Gasteiger partial charge on any atom is -0.495 e. The van der Waals surface area contributed by atoms with E-state index in [4.69, 9.17) is 19.9 Å². The number of anilines is 1. The molecule has 0 saturated carbocycles. The lowest BCUT2D eigenvalue weighted by Crippen LogP contribution is -2.32. The number of hydrogen-bond donors (Lipinski definition) is 2. The number of carbonyl (C=O) groups is 1. The largest absolute Gasteiger partial charge is 0.495 e. The standard InChI is InChI=1S/C22H25N3O4/c1-5-29-21-12-16(7-9-20(21)28-4)17(13-23)10-15-6-8-19(27-3)18(11-15)25-22(26)14(2)24/h6-12,14H,5,24H2,1-4H3,(H,25,26). The average molecular weight is 395 g/mol. The van der Waals surface area contributed by atoms with Crippen molar-refractivity contribution < 1.29 is 19.0 Å². The highest BCUT2D eigenvalue weighted by molar-refractivity contribution is 5.97. The van der Waals surface area contributed by atoms with Gasteiger partial charge in [0.2, 0.25) is 5.91 Å². The van der Waals surface area contributed by atoms with Gasteiger partial charge in [0.05, 0.1) is 44.2 Å². The number of ether oxygens (including phenoxy) is 3. The van der Waals surface area contributed by atoms with Crippen molar-refractivity contribution in [3.63, 3.8) is 0 Å². The first-order valence-electron chi connectivity index (χ1n) is 9.11. The third-order valence-corrected chi connectivity index (χ3v) is 4.10. The summed E-state index contributed by atoms with van der Waals surface area (Å²) in [6, 6.07) is 12.1. The molecule has 0 aliphatic rings.